The predicted octanol–water partition coefficient (Wildman–Crippen LogP) is 2.64. The van der Waals surface area contributed by atoms with Crippen LogP contribution < -0.4 is 20.6 Å². The maximum Gasteiger partial charge on any atom is 0.339 e. The highest BCUT2D eigenvalue weighted by Crippen LogP contribution is 2.27. The number of benzene rings is 1. The van der Waals surface area contributed by atoms with Gasteiger partial charge in [0.25, 0.3) is 0 Å². The standard InChI is InChI=1S/C17H21NO6/c1-22-12-7-8-14-13(10-12)15(11-17(20)24-14)23-9-5-3-2-4-6-16(19)18-21/h7-8,10-11,21H,2-6,9H2,1H3,(H,18,19). The number of amides is 1. The smallest absolute Gasteiger partial charge is 0.339 e. The fourth-order valence-electron chi connectivity index (χ4n) is 2.34. The molecule has 130 valence electrons. The second-order valence-electron chi connectivity index (χ2n) is 5.34. The van der Waals surface area contributed by atoms with Crippen molar-refractivity contribution in [2.45, 2.75) is 32.1 Å². The molecule has 1 heterocycles. The molecule has 24 heavy (non-hydrogen) atoms. The van der Waals surface area contributed by atoms with Gasteiger partial charge in [0.1, 0.15) is 17.1 Å². The van der Waals surface area contributed by atoms with E-state index < -0.39 is 5.63 Å². The molecule has 0 aliphatic carbocycles. The van der Waals surface area contributed by atoms with E-state index in [1.807, 2.05) is 0 Å². The Morgan fingerprint density at radius 2 is 2.00 bits per heavy atom. The maximum atomic E-state index is 11.6. The molecule has 1 amide bonds. The van der Waals surface area contributed by atoms with Gasteiger partial charge in [-0.1, -0.05) is 12.8 Å². The lowest BCUT2D eigenvalue weighted by atomic mass is 10.1. The van der Waals surface area contributed by atoms with Gasteiger partial charge < -0.3 is 13.9 Å². The molecular weight excluding hydrogens is 314 g/mol. The van der Waals surface area contributed by atoms with Crippen LogP contribution in [0.2, 0.25) is 0 Å². The van der Waals surface area contributed by atoms with Crippen LogP contribution in [0, 0.1) is 0 Å². The Labute approximate surface area is 139 Å². The molecular formula is C17H21NO6. The minimum absolute atomic E-state index is 0.307. The highest BCUT2D eigenvalue weighted by Gasteiger charge is 2.08. The molecule has 0 atom stereocenters. The first-order valence-corrected chi connectivity index (χ1v) is 7.81. The lowest BCUT2D eigenvalue weighted by molar-refractivity contribution is -0.129. The molecule has 1 aromatic carbocycles. The molecule has 7 nitrogen and oxygen atoms in total. The first kappa shape index (κ1) is 17.8. The Hall–Kier alpha value is -2.54. The lowest BCUT2D eigenvalue weighted by Gasteiger charge is -2.09. The number of carbonyl (C=O) groups excluding carboxylic acids is 1. The van der Waals surface area contributed by atoms with Gasteiger partial charge in [0.2, 0.25) is 5.91 Å². The normalized spacial score (nSPS) is 10.6. The average molecular weight is 335 g/mol. The Kier molecular flexibility index (Phi) is 6.62. The van der Waals surface area contributed by atoms with Gasteiger partial charge in [-0.05, 0) is 31.0 Å². The van der Waals surface area contributed by atoms with Gasteiger partial charge in [0.05, 0.1) is 25.2 Å². The number of methoxy groups -OCH3 is 1. The van der Waals surface area contributed by atoms with E-state index in [0.717, 1.165) is 19.3 Å². The number of fused-ring (bicyclic) bond motifs is 1. The number of ether oxygens (including phenoxy) is 2. The van der Waals surface area contributed by atoms with Crippen LogP contribution in [0.5, 0.6) is 11.5 Å². The fraction of sp³-hybridized carbons (Fsp3) is 0.412. The van der Waals surface area contributed by atoms with Crippen molar-refractivity contribution in [2.24, 2.45) is 0 Å². The summed E-state index contributed by atoms with van der Waals surface area (Å²) in [7, 11) is 1.57. The van der Waals surface area contributed by atoms with Crippen molar-refractivity contribution in [1.29, 1.82) is 0 Å². The number of nitrogens with one attached hydrogen (secondary N) is 1. The van der Waals surface area contributed by atoms with Gasteiger partial charge in [-0.15, -0.1) is 0 Å². The van der Waals surface area contributed by atoms with E-state index in [1.165, 1.54) is 6.07 Å². The van der Waals surface area contributed by atoms with Gasteiger partial charge >= 0.3 is 5.63 Å². The van der Waals surface area contributed by atoms with E-state index in [0.29, 0.717) is 41.9 Å². The van der Waals surface area contributed by atoms with Crippen LogP contribution in [0.4, 0.5) is 0 Å². The largest absolute Gasteiger partial charge is 0.497 e. The molecule has 0 spiro atoms. The van der Waals surface area contributed by atoms with Crippen LogP contribution in [0.1, 0.15) is 32.1 Å². The summed E-state index contributed by atoms with van der Waals surface area (Å²) in [5, 5.41) is 9.07. The Morgan fingerprint density at radius 1 is 1.21 bits per heavy atom. The van der Waals surface area contributed by atoms with E-state index >= 15 is 0 Å². The second kappa shape index (κ2) is 8.93. The zero-order valence-corrected chi connectivity index (χ0v) is 13.5. The molecule has 0 radical (unpaired) electrons. The van der Waals surface area contributed by atoms with Crippen LogP contribution in [-0.2, 0) is 4.79 Å². The third-order valence-corrected chi connectivity index (χ3v) is 3.59. The molecule has 2 N–H and O–H groups in total. The van der Waals surface area contributed by atoms with Crippen LogP contribution >= 0.6 is 0 Å². The van der Waals surface area contributed by atoms with E-state index in [-0.39, 0.29) is 5.91 Å². The molecule has 0 unspecified atom stereocenters. The molecule has 0 aliphatic heterocycles. The second-order valence-corrected chi connectivity index (χ2v) is 5.34. The summed E-state index contributed by atoms with van der Waals surface area (Å²) in [4.78, 5) is 22.4. The van der Waals surface area contributed by atoms with Crippen LogP contribution in [0.25, 0.3) is 11.0 Å². The molecule has 0 bridgehead atoms. The molecule has 0 saturated carbocycles. The first-order valence-electron chi connectivity index (χ1n) is 7.81. The van der Waals surface area contributed by atoms with Crippen molar-refractivity contribution in [3.63, 3.8) is 0 Å². The van der Waals surface area contributed by atoms with Crippen LogP contribution in [-0.4, -0.2) is 24.8 Å². The molecule has 1 aromatic heterocycles. The monoisotopic (exact) mass is 335 g/mol. The third-order valence-electron chi connectivity index (χ3n) is 3.59. The minimum atomic E-state index is -0.460. The fourth-order valence-corrected chi connectivity index (χ4v) is 2.34. The third kappa shape index (κ3) is 4.99. The van der Waals surface area contributed by atoms with E-state index in [9.17, 15) is 9.59 Å². The minimum Gasteiger partial charge on any atom is -0.497 e. The number of hydroxylamine groups is 1. The summed E-state index contributed by atoms with van der Waals surface area (Å²) >= 11 is 0. The zero-order valence-electron chi connectivity index (χ0n) is 13.5. The van der Waals surface area contributed by atoms with E-state index in [4.69, 9.17) is 19.1 Å². The van der Waals surface area contributed by atoms with Gasteiger partial charge in [-0.2, -0.15) is 0 Å². The van der Waals surface area contributed by atoms with Crippen molar-refractivity contribution < 1.29 is 23.9 Å². The summed E-state index contributed by atoms with van der Waals surface area (Å²) < 4.78 is 16.0. The van der Waals surface area contributed by atoms with E-state index in [2.05, 4.69) is 0 Å². The molecule has 0 aliphatic rings. The lowest BCUT2D eigenvalue weighted by Crippen LogP contribution is -2.17. The zero-order chi connectivity index (χ0) is 17.4. The van der Waals surface area contributed by atoms with Crippen molar-refractivity contribution >= 4 is 16.9 Å². The van der Waals surface area contributed by atoms with E-state index in [1.54, 1.807) is 30.8 Å². The topological polar surface area (TPSA) is 98.0 Å². The quantitative estimate of drug-likeness (QED) is 0.316. The molecule has 0 fully saturated rings. The Balaban J connectivity index is 1.88. The van der Waals surface area contributed by atoms with Gasteiger partial charge in [0.15, 0.2) is 0 Å². The van der Waals surface area contributed by atoms with Gasteiger partial charge in [0, 0.05) is 6.42 Å². The summed E-state index contributed by atoms with van der Waals surface area (Å²) in [6.45, 7) is 0.460. The van der Waals surface area contributed by atoms with Gasteiger partial charge in [-0.25, -0.2) is 10.3 Å². The molecule has 2 aromatic rings. The van der Waals surface area contributed by atoms with Crippen molar-refractivity contribution in [3.8, 4) is 11.5 Å². The Morgan fingerprint density at radius 3 is 2.75 bits per heavy atom. The van der Waals surface area contributed by atoms with Crippen molar-refractivity contribution in [3.05, 3.63) is 34.7 Å². The maximum absolute atomic E-state index is 11.6. The number of hydrogen-bond acceptors (Lipinski definition) is 6. The average Bonchev–Trinajstić information content (AvgIpc) is 2.60. The number of hydrogen-bond donors (Lipinski definition) is 2. The Bertz CT molecular complexity index is 739. The van der Waals surface area contributed by atoms with Crippen molar-refractivity contribution in [2.75, 3.05) is 13.7 Å². The summed E-state index contributed by atoms with van der Waals surface area (Å²) in [6, 6.07) is 6.49. The number of unbranched alkanes of at least 4 members (excludes halogenated alkanes) is 3. The summed E-state index contributed by atoms with van der Waals surface area (Å²) in [5.74, 6) is 0.755. The highest BCUT2D eigenvalue weighted by molar-refractivity contribution is 5.84. The number of rotatable bonds is 9. The van der Waals surface area contributed by atoms with Crippen LogP contribution in [0.3, 0.4) is 0 Å². The first-order chi connectivity index (χ1) is 11.6. The van der Waals surface area contributed by atoms with Crippen LogP contribution in [0.15, 0.2) is 33.5 Å². The number of carbonyl (C=O) groups is 1. The predicted molar refractivity (Wildman–Crippen MR) is 87.5 cm³/mol. The molecule has 2 rings (SSSR count). The van der Waals surface area contributed by atoms with Crippen molar-refractivity contribution in [1.82, 2.24) is 5.48 Å². The van der Waals surface area contributed by atoms with Gasteiger partial charge in [-0.3, -0.25) is 10.0 Å². The summed E-state index contributed by atoms with van der Waals surface area (Å²) in [5.41, 5.74) is 1.60. The SMILES string of the molecule is COc1ccc2oc(=O)cc(OCCCCCCC(=O)NO)c2c1. The summed E-state index contributed by atoms with van der Waals surface area (Å²) in [6.07, 6.45) is 3.57. The highest BCUT2D eigenvalue weighted by atomic mass is 16.5. The molecule has 7 heteroatoms. The molecule has 0 saturated heterocycles.